The average Bonchev–Trinajstić information content (AvgIpc) is 3.14. The highest BCUT2D eigenvalue weighted by Crippen LogP contribution is 2.32. The zero-order valence-electron chi connectivity index (χ0n) is 16.9. The standard InChI is InChI=1S/C23H27N3O3/c1-26(16-8-10-17(29-2)11-9-16)23(28)19-13-18-20(12-15-6-4-3-5-7-15)24-25-21(18)14-22(19)27/h8-11,13-15,27H,3-7,12H2,1-2H3,(H,24,25). The van der Waals surface area contributed by atoms with Crippen molar-refractivity contribution >= 4 is 22.5 Å². The van der Waals surface area contributed by atoms with Crippen LogP contribution < -0.4 is 9.64 Å². The molecule has 3 aromatic rings. The molecule has 0 saturated heterocycles. The third-order valence-electron chi connectivity index (χ3n) is 5.96. The molecule has 1 amide bonds. The summed E-state index contributed by atoms with van der Waals surface area (Å²) in [4.78, 5) is 14.6. The molecule has 0 radical (unpaired) electrons. The fraction of sp³-hybridized carbons (Fsp3) is 0.391. The van der Waals surface area contributed by atoms with Crippen molar-refractivity contribution in [3.63, 3.8) is 0 Å². The van der Waals surface area contributed by atoms with Gasteiger partial charge >= 0.3 is 0 Å². The first-order valence-electron chi connectivity index (χ1n) is 10.2. The van der Waals surface area contributed by atoms with Crippen molar-refractivity contribution in [1.82, 2.24) is 10.2 Å². The number of fused-ring (bicyclic) bond motifs is 1. The van der Waals surface area contributed by atoms with Crippen LogP contribution in [0.3, 0.4) is 0 Å². The summed E-state index contributed by atoms with van der Waals surface area (Å²) in [7, 11) is 3.30. The van der Waals surface area contributed by atoms with E-state index in [1.165, 1.54) is 37.0 Å². The number of carbonyl (C=O) groups is 1. The Balaban J connectivity index is 1.62. The Labute approximate surface area is 170 Å². The van der Waals surface area contributed by atoms with Crippen LogP contribution in [0.15, 0.2) is 36.4 Å². The lowest BCUT2D eigenvalue weighted by atomic mass is 9.85. The molecule has 1 heterocycles. The van der Waals surface area contributed by atoms with Crippen molar-refractivity contribution in [3.8, 4) is 11.5 Å². The summed E-state index contributed by atoms with van der Waals surface area (Å²) in [5, 5.41) is 18.9. The van der Waals surface area contributed by atoms with E-state index in [9.17, 15) is 9.90 Å². The number of aromatic nitrogens is 2. The number of aromatic amines is 1. The number of phenolic OH excluding ortho intramolecular Hbond substituents is 1. The molecule has 0 unspecified atom stereocenters. The average molecular weight is 393 g/mol. The number of nitrogens with one attached hydrogen (secondary N) is 1. The maximum atomic E-state index is 13.1. The maximum Gasteiger partial charge on any atom is 0.261 e. The number of rotatable bonds is 5. The number of anilines is 1. The van der Waals surface area contributed by atoms with Crippen molar-refractivity contribution in [2.75, 3.05) is 19.1 Å². The Morgan fingerprint density at radius 1 is 1.21 bits per heavy atom. The minimum Gasteiger partial charge on any atom is -0.507 e. The largest absolute Gasteiger partial charge is 0.507 e. The zero-order chi connectivity index (χ0) is 20.4. The number of benzene rings is 2. The lowest BCUT2D eigenvalue weighted by molar-refractivity contribution is 0.0990. The molecule has 1 saturated carbocycles. The van der Waals surface area contributed by atoms with Gasteiger partial charge < -0.3 is 14.7 Å². The molecule has 2 aromatic carbocycles. The molecule has 6 nitrogen and oxygen atoms in total. The summed E-state index contributed by atoms with van der Waals surface area (Å²) in [6.07, 6.45) is 7.31. The second-order valence-corrected chi connectivity index (χ2v) is 7.86. The quantitative estimate of drug-likeness (QED) is 0.660. The molecule has 0 bridgehead atoms. The number of methoxy groups -OCH3 is 1. The monoisotopic (exact) mass is 393 g/mol. The number of amides is 1. The Hall–Kier alpha value is -3.02. The third kappa shape index (κ3) is 3.92. The van der Waals surface area contributed by atoms with Gasteiger partial charge in [-0.3, -0.25) is 9.89 Å². The van der Waals surface area contributed by atoms with Gasteiger partial charge in [0.25, 0.3) is 5.91 Å². The smallest absolute Gasteiger partial charge is 0.261 e. The molecule has 0 aliphatic heterocycles. The topological polar surface area (TPSA) is 78.5 Å². The fourth-order valence-electron chi connectivity index (χ4n) is 4.21. The molecule has 1 aliphatic carbocycles. The second kappa shape index (κ2) is 8.15. The van der Waals surface area contributed by atoms with Gasteiger partial charge in [-0.25, -0.2) is 0 Å². The van der Waals surface area contributed by atoms with Crippen LogP contribution in [-0.2, 0) is 6.42 Å². The minimum atomic E-state index is -0.264. The van der Waals surface area contributed by atoms with Crippen molar-refractivity contribution < 1.29 is 14.6 Å². The molecule has 29 heavy (non-hydrogen) atoms. The maximum absolute atomic E-state index is 13.1. The SMILES string of the molecule is COc1ccc(N(C)C(=O)c2cc3c(CC4CCCCC4)[nH]nc3cc2O)cc1. The number of hydrogen-bond donors (Lipinski definition) is 2. The van der Waals surface area contributed by atoms with Crippen LogP contribution in [-0.4, -0.2) is 35.4 Å². The van der Waals surface area contributed by atoms with Crippen molar-refractivity contribution in [2.24, 2.45) is 5.92 Å². The Kier molecular flexibility index (Phi) is 5.43. The van der Waals surface area contributed by atoms with Crippen LogP contribution >= 0.6 is 0 Å². The molecule has 0 spiro atoms. The van der Waals surface area contributed by atoms with Crippen LogP contribution in [0.4, 0.5) is 5.69 Å². The molecule has 152 valence electrons. The summed E-state index contributed by atoms with van der Waals surface area (Å²) in [6.45, 7) is 0. The van der Waals surface area contributed by atoms with Crippen LogP contribution in [0, 0.1) is 5.92 Å². The highest BCUT2D eigenvalue weighted by Gasteiger charge is 2.22. The van der Waals surface area contributed by atoms with E-state index < -0.39 is 0 Å². The van der Waals surface area contributed by atoms with Gasteiger partial charge in [-0.15, -0.1) is 0 Å². The highest BCUT2D eigenvalue weighted by atomic mass is 16.5. The van der Waals surface area contributed by atoms with E-state index in [2.05, 4.69) is 10.2 Å². The molecule has 2 N–H and O–H groups in total. The Morgan fingerprint density at radius 3 is 2.62 bits per heavy atom. The van der Waals surface area contributed by atoms with Gasteiger partial charge in [0, 0.05) is 29.9 Å². The molecule has 4 rings (SSSR count). The number of phenols is 1. The number of hydrogen-bond acceptors (Lipinski definition) is 4. The fourth-order valence-corrected chi connectivity index (χ4v) is 4.21. The van der Waals surface area contributed by atoms with Crippen molar-refractivity contribution in [1.29, 1.82) is 0 Å². The molecule has 1 aromatic heterocycles. The van der Waals surface area contributed by atoms with Crippen LogP contribution in [0.1, 0.15) is 48.2 Å². The Bertz CT molecular complexity index is 1000. The van der Waals surface area contributed by atoms with E-state index >= 15 is 0 Å². The van der Waals surface area contributed by atoms with E-state index in [0.717, 1.165) is 28.9 Å². The number of carbonyl (C=O) groups excluding carboxylic acids is 1. The number of nitrogens with zero attached hydrogens (tertiary/aromatic N) is 2. The van der Waals surface area contributed by atoms with Gasteiger partial charge in [-0.05, 0) is 42.7 Å². The highest BCUT2D eigenvalue weighted by molar-refractivity contribution is 6.09. The summed E-state index contributed by atoms with van der Waals surface area (Å²) in [6, 6.07) is 10.6. The van der Waals surface area contributed by atoms with Gasteiger partial charge in [0.15, 0.2) is 0 Å². The lowest BCUT2D eigenvalue weighted by Crippen LogP contribution is -2.26. The van der Waals surface area contributed by atoms with Crippen molar-refractivity contribution in [2.45, 2.75) is 38.5 Å². The molecular formula is C23H27N3O3. The van der Waals surface area contributed by atoms with E-state index in [1.807, 2.05) is 12.1 Å². The predicted octanol–water partition coefficient (Wildman–Crippen LogP) is 4.68. The summed E-state index contributed by atoms with van der Waals surface area (Å²) in [5.74, 6) is 1.06. The van der Waals surface area contributed by atoms with E-state index in [4.69, 9.17) is 4.74 Å². The number of ether oxygens (including phenoxy) is 1. The van der Waals surface area contributed by atoms with E-state index in [0.29, 0.717) is 11.4 Å². The lowest BCUT2D eigenvalue weighted by Gasteiger charge is -2.21. The van der Waals surface area contributed by atoms with E-state index in [1.54, 1.807) is 38.4 Å². The third-order valence-corrected chi connectivity index (χ3v) is 5.96. The zero-order valence-corrected chi connectivity index (χ0v) is 16.9. The first kappa shape index (κ1) is 19.3. The van der Waals surface area contributed by atoms with E-state index in [-0.39, 0.29) is 17.2 Å². The van der Waals surface area contributed by atoms with Gasteiger partial charge in [-0.1, -0.05) is 32.1 Å². The first-order chi connectivity index (χ1) is 14.1. The summed E-state index contributed by atoms with van der Waals surface area (Å²) < 4.78 is 5.17. The molecule has 6 heteroatoms. The molecular weight excluding hydrogens is 366 g/mol. The Morgan fingerprint density at radius 2 is 1.93 bits per heavy atom. The molecule has 1 fully saturated rings. The van der Waals surface area contributed by atoms with Gasteiger partial charge in [0.2, 0.25) is 0 Å². The normalized spacial score (nSPS) is 14.8. The van der Waals surface area contributed by atoms with Crippen LogP contribution in [0.25, 0.3) is 10.9 Å². The first-order valence-corrected chi connectivity index (χ1v) is 10.2. The molecule has 1 aliphatic rings. The predicted molar refractivity (Wildman–Crippen MR) is 114 cm³/mol. The van der Waals surface area contributed by atoms with Gasteiger partial charge in [0.05, 0.1) is 18.2 Å². The number of aromatic hydroxyl groups is 1. The van der Waals surface area contributed by atoms with Gasteiger partial charge in [0.1, 0.15) is 11.5 Å². The summed E-state index contributed by atoms with van der Waals surface area (Å²) >= 11 is 0. The number of H-pyrrole nitrogens is 1. The van der Waals surface area contributed by atoms with Crippen LogP contribution in [0.2, 0.25) is 0 Å². The summed E-state index contributed by atoms with van der Waals surface area (Å²) in [5.41, 5.74) is 2.75. The second-order valence-electron chi connectivity index (χ2n) is 7.86. The van der Waals surface area contributed by atoms with Crippen LogP contribution in [0.5, 0.6) is 11.5 Å². The van der Waals surface area contributed by atoms with Gasteiger partial charge in [-0.2, -0.15) is 5.10 Å². The van der Waals surface area contributed by atoms with Crippen molar-refractivity contribution in [3.05, 3.63) is 47.7 Å². The minimum absolute atomic E-state index is 0.0569. The molecule has 0 atom stereocenters.